The van der Waals surface area contributed by atoms with E-state index in [-0.39, 0.29) is 6.10 Å². The summed E-state index contributed by atoms with van der Waals surface area (Å²) in [6.07, 6.45) is 2.79. The topological polar surface area (TPSA) is 85.1 Å². The number of nitrogens with zero attached hydrogens (tertiary/aromatic N) is 4. The first-order valence-electron chi connectivity index (χ1n) is 8.17. The lowest BCUT2D eigenvalue weighted by Gasteiger charge is -2.32. The molecule has 0 saturated carbocycles. The van der Waals surface area contributed by atoms with Crippen LogP contribution in [-0.4, -0.2) is 34.3 Å². The molecule has 4 rings (SSSR count). The van der Waals surface area contributed by atoms with E-state index in [9.17, 15) is 10.4 Å². The number of hydrogen-bond acceptors (Lipinski definition) is 7. The molecule has 1 aliphatic rings. The van der Waals surface area contributed by atoms with Crippen LogP contribution in [-0.2, 0) is 0 Å². The highest BCUT2D eigenvalue weighted by molar-refractivity contribution is 7.16. The fourth-order valence-corrected chi connectivity index (χ4v) is 3.84. The molecular formula is C18H17N5OS. The maximum atomic E-state index is 9.66. The molecule has 2 N–H and O–H groups in total. The Labute approximate surface area is 149 Å². The van der Waals surface area contributed by atoms with E-state index < -0.39 is 0 Å². The number of hydrogen-bond donors (Lipinski definition) is 2. The fraction of sp³-hybridized carbons (Fsp3) is 0.278. The van der Waals surface area contributed by atoms with Crippen molar-refractivity contribution in [2.24, 2.45) is 0 Å². The number of nitrogens with one attached hydrogen (secondary N) is 1. The molecule has 0 bridgehead atoms. The number of thiophene rings is 1. The highest BCUT2D eigenvalue weighted by atomic mass is 32.1. The molecule has 0 aliphatic carbocycles. The van der Waals surface area contributed by atoms with Crippen LogP contribution in [0.3, 0.4) is 0 Å². The van der Waals surface area contributed by atoms with Gasteiger partial charge in [0.25, 0.3) is 0 Å². The molecule has 25 heavy (non-hydrogen) atoms. The highest BCUT2D eigenvalue weighted by Crippen LogP contribution is 2.30. The van der Waals surface area contributed by atoms with Crippen LogP contribution in [0.1, 0.15) is 18.4 Å². The van der Waals surface area contributed by atoms with E-state index in [1.165, 1.54) is 0 Å². The van der Waals surface area contributed by atoms with Gasteiger partial charge in [-0.2, -0.15) is 5.26 Å². The standard InChI is InChI=1S/C18H17N5OS/c19-10-12-9-13(1-2-16(12)23-6-3-14(24)4-7-23)22-17-15-5-8-25-18(15)21-11-20-17/h1-2,5,8-9,11,14,24H,3-4,6-7H2,(H,20,21,22). The second kappa shape index (κ2) is 6.67. The molecule has 0 atom stereocenters. The van der Waals surface area contributed by atoms with Crippen LogP contribution in [0.4, 0.5) is 17.2 Å². The Balaban J connectivity index is 1.61. The molecule has 7 heteroatoms. The minimum absolute atomic E-state index is 0.228. The van der Waals surface area contributed by atoms with Gasteiger partial charge in [-0.3, -0.25) is 0 Å². The van der Waals surface area contributed by atoms with Gasteiger partial charge >= 0.3 is 0 Å². The van der Waals surface area contributed by atoms with Crippen molar-refractivity contribution in [3.05, 3.63) is 41.5 Å². The van der Waals surface area contributed by atoms with Crippen LogP contribution >= 0.6 is 11.3 Å². The van der Waals surface area contributed by atoms with Gasteiger partial charge in [0.15, 0.2) is 0 Å². The predicted molar refractivity (Wildman–Crippen MR) is 99.3 cm³/mol. The summed E-state index contributed by atoms with van der Waals surface area (Å²) in [5.41, 5.74) is 2.36. The third-order valence-electron chi connectivity index (χ3n) is 4.45. The van der Waals surface area contributed by atoms with Gasteiger partial charge in [-0.1, -0.05) is 0 Å². The molecule has 6 nitrogen and oxygen atoms in total. The molecule has 1 fully saturated rings. The van der Waals surface area contributed by atoms with E-state index in [1.54, 1.807) is 17.7 Å². The molecule has 3 aromatic rings. The minimum Gasteiger partial charge on any atom is -0.393 e. The van der Waals surface area contributed by atoms with E-state index in [4.69, 9.17) is 0 Å². The molecule has 1 aliphatic heterocycles. The molecule has 0 spiro atoms. The number of anilines is 3. The van der Waals surface area contributed by atoms with Gasteiger partial charge in [0.05, 0.1) is 22.7 Å². The minimum atomic E-state index is -0.228. The van der Waals surface area contributed by atoms with E-state index in [0.29, 0.717) is 5.56 Å². The number of benzene rings is 1. The normalized spacial score (nSPS) is 15.3. The van der Waals surface area contributed by atoms with Crippen LogP contribution in [0.25, 0.3) is 10.2 Å². The van der Waals surface area contributed by atoms with Gasteiger partial charge in [0.2, 0.25) is 0 Å². The summed E-state index contributed by atoms with van der Waals surface area (Å²) in [6.45, 7) is 1.54. The zero-order valence-corrected chi connectivity index (χ0v) is 14.3. The molecule has 1 aromatic carbocycles. The van der Waals surface area contributed by atoms with Crippen molar-refractivity contribution in [2.75, 3.05) is 23.3 Å². The monoisotopic (exact) mass is 351 g/mol. The Kier molecular flexibility index (Phi) is 4.22. The number of aliphatic hydroxyl groups excluding tert-OH is 1. The van der Waals surface area contributed by atoms with E-state index in [2.05, 4.69) is 26.3 Å². The Morgan fingerprint density at radius 3 is 2.88 bits per heavy atom. The van der Waals surface area contributed by atoms with E-state index in [0.717, 1.165) is 53.3 Å². The summed E-state index contributed by atoms with van der Waals surface area (Å²) < 4.78 is 0. The van der Waals surface area contributed by atoms with Gasteiger partial charge in [-0.25, -0.2) is 9.97 Å². The van der Waals surface area contributed by atoms with Crippen molar-refractivity contribution in [1.29, 1.82) is 5.26 Å². The second-order valence-electron chi connectivity index (χ2n) is 6.05. The number of fused-ring (bicyclic) bond motifs is 1. The third kappa shape index (κ3) is 3.14. The van der Waals surface area contributed by atoms with E-state index >= 15 is 0 Å². The van der Waals surface area contributed by atoms with Crippen LogP contribution in [0.15, 0.2) is 36.0 Å². The van der Waals surface area contributed by atoms with Crippen LogP contribution < -0.4 is 10.2 Å². The number of aliphatic hydroxyl groups is 1. The van der Waals surface area contributed by atoms with Crippen LogP contribution in [0.2, 0.25) is 0 Å². The van der Waals surface area contributed by atoms with Crippen molar-refractivity contribution in [3.63, 3.8) is 0 Å². The first-order chi connectivity index (χ1) is 12.2. The van der Waals surface area contributed by atoms with Crippen molar-refractivity contribution in [3.8, 4) is 6.07 Å². The highest BCUT2D eigenvalue weighted by Gasteiger charge is 2.19. The van der Waals surface area contributed by atoms with Gasteiger partial charge in [0.1, 0.15) is 23.0 Å². The molecule has 0 amide bonds. The van der Waals surface area contributed by atoms with Gasteiger partial charge in [0, 0.05) is 18.8 Å². The molecule has 0 radical (unpaired) electrons. The number of piperidine rings is 1. The maximum Gasteiger partial charge on any atom is 0.142 e. The Morgan fingerprint density at radius 1 is 1.24 bits per heavy atom. The Bertz CT molecular complexity index is 940. The van der Waals surface area contributed by atoms with Gasteiger partial charge in [-0.05, 0) is 42.5 Å². The van der Waals surface area contributed by atoms with Gasteiger partial charge < -0.3 is 15.3 Å². The third-order valence-corrected chi connectivity index (χ3v) is 5.27. The molecule has 1 saturated heterocycles. The Morgan fingerprint density at radius 2 is 2.08 bits per heavy atom. The Hall–Kier alpha value is -2.69. The van der Waals surface area contributed by atoms with Crippen molar-refractivity contribution < 1.29 is 5.11 Å². The lowest BCUT2D eigenvalue weighted by molar-refractivity contribution is 0.145. The number of rotatable bonds is 3. The van der Waals surface area contributed by atoms with Crippen molar-refractivity contribution >= 4 is 38.7 Å². The summed E-state index contributed by atoms with van der Waals surface area (Å²) >= 11 is 1.57. The van der Waals surface area contributed by atoms with Crippen molar-refractivity contribution in [2.45, 2.75) is 18.9 Å². The maximum absolute atomic E-state index is 9.66. The fourth-order valence-electron chi connectivity index (χ4n) is 3.11. The number of aromatic nitrogens is 2. The van der Waals surface area contributed by atoms with Crippen LogP contribution in [0, 0.1) is 11.3 Å². The first kappa shape index (κ1) is 15.8. The van der Waals surface area contributed by atoms with Gasteiger partial charge in [-0.15, -0.1) is 11.3 Å². The van der Waals surface area contributed by atoms with Crippen LogP contribution in [0.5, 0.6) is 0 Å². The zero-order valence-electron chi connectivity index (χ0n) is 13.5. The summed E-state index contributed by atoms with van der Waals surface area (Å²) in [6, 6.07) is 10.0. The summed E-state index contributed by atoms with van der Waals surface area (Å²) in [7, 11) is 0. The summed E-state index contributed by atoms with van der Waals surface area (Å²) in [4.78, 5) is 11.7. The first-order valence-corrected chi connectivity index (χ1v) is 9.05. The van der Waals surface area contributed by atoms with Crippen molar-refractivity contribution in [1.82, 2.24) is 9.97 Å². The molecular weight excluding hydrogens is 334 g/mol. The largest absolute Gasteiger partial charge is 0.393 e. The average Bonchev–Trinajstić information content (AvgIpc) is 3.12. The second-order valence-corrected chi connectivity index (χ2v) is 6.94. The van der Waals surface area contributed by atoms with E-state index in [1.807, 2.05) is 29.6 Å². The summed E-state index contributed by atoms with van der Waals surface area (Å²) in [5, 5.41) is 25.5. The SMILES string of the molecule is N#Cc1cc(Nc2ncnc3sccc23)ccc1N1CCC(O)CC1. The zero-order chi connectivity index (χ0) is 17.2. The smallest absolute Gasteiger partial charge is 0.142 e. The predicted octanol–water partition coefficient (Wildman–Crippen LogP) is 3.27. The molecule has 0 unspecified atom stereocenters. The number of nitriles is 1. The lowest BCUT2D eigenvalue weighted by atomic mass is 10.0. The molecule has 2 aromatic heterocycles. The summed E-state index contributed by atoms with van der Waals surface area (Å²) in [5.74, 6) is 0.740. The molecule has 126 valence electrons. The molecule has 3 heterocycles. The quantitative estimate of drug-likeness (QED) is 0.753. The average molecular weight is 351 g/mol. The lowest BCUT2D eigenvalue weighted by Crippen LogP contribution is -2.36.